The van der Waals surface area contributed by atoms with E-state index in [-0.39, 0.29) is 30.0 Å². The Morgan fingerprint density at radius 1 is 0.839 bits per heavy atom. The van der Waals surface area contributed by atoms with Gasteiger partial charge in [0.15, 0.2) is 0 Å². The molecule has 2 fully saturated rings. The number of ether oxygens (including phenoxy) is 3. The molecule has 62 heavy (non-hydrogen) atoms. The number of alkyl carbamates (subject to hydrolysis) is 1. The molecule has 2 aromatic heterocycles. The smallest absolute Gasteiger partial charge is 0.410 e. The molecule has 0 saturated carbocycles. The molecule has 3 amide bonds. The number of benzene rings is 3. The van der Waals surface area contributed by atoms with Crippen LogP contribution in [0.15, 0.2) is 73.1 Å². The second-order valence-corrected chi connectivity index (χ2v) is 24.8. The predicted octanol–water partition coefficient (Wildman–Crippen LogP) is 10.2. The van der Waals surface area contributed by atoms with Crippen molar-refractivity contribution in [3.63, 3.8) is 0 Å². The standard InChI is InChI=1S/C48H63N7O6Si/c1-31(2)42(52-46(57)59-6)45(56)53-22-10-12-39(53)43-49-28-38(51-43)33-16-14-32(15-17-33)34-18-19-36-27-37(21-20-35(36)26-34)41-29-50-44(55(41)30-60-24-25-62(7,8)9)40-13-11-23-54(40)47(58)61-48(3,4)5/h14-21,26-29,31,39-40,42H,10-13,22-25,30H2,1-9H3,(H,49,51)(H,52,57). The van der Waals surface area contributed by atoms with E-state index in [2.05, 4.69) is 95.2 Å². The highest BCUT2D eigenvalue weighted by atomic mass is 28.3. The maximum absolute atomic E-state index is 13.6. The van der Waals surface area contributed by atoms with Gasteiger partial charge in [-0.2, -0.15) is 0 Å². The number of H-pyrrole nitrogens is 1. The Hall–Kier alpha value is -5.47. The van der Waals surface area contributed by atoms with Crippen LogP contribution < -0.4 is 5.32 Å². The monoisotopic (exact) mass is 861 g/mol. The molecule has 3 atom stereocenters. The van der Waals surface area contributed by atoms with E-state index in [1.807, 2.05) is 56.8 Å². The summed E-state index contributed by atoms with van der Waals surface area (Å²) in [5.41, 5.74) is 5.47. The second kappa shape index (κ2) is 18.5. The highest BCUT2D eigenvalue weighted by Gasteiger charge is 2.38. The van der Waals surface area contributed by atoms with Gasteiger partial charge in [0.05, 0.1) is 43.0 Å². The Bertz CT molecular complexity index is 2380. The first-order chi connectivity index (χ1) is 29.5. The van der Waals surface area contributed by atoms with Gasteiger partial charge in [-0.05, 0) is 98.0 Å². The van der Waals surface area contributed by atoms with Crippen LogP contribution in [0.4, 0.5) is 9.59 Å². The number of amides is 3. The fourth-order valence-corrected chi connectivity index (χ4v) is 9.16. The van der Waals surface area contributed by atoms with Gasteiger partial charge in [-0.3, -0.25) is 9.69 Å². The van der Waals surface area contributed by atoms with E-state index in [0.29, 0.717) is 26.4 Å². The average Bonchev–Trinajstić information content (AvgIpc) is 4.06. The highest BCUT2D eigenvalue weighted by molar-refractivity contribution is 6.76. The maximum atomic E-state index is 13.6. The Morgan fingerprint density at radius 3 is 2.13 bits per heavy atom. The molecule has 3 unspecified atom stereocenters. The van der Waals surface area contributed by atoms with Gasteiger partial charge in [-0.1, -0.05) is 82.0 Å². The van der Waals surface area contributed by atoms with Gasteiger partial charge in [0.2, 0.25) is 5.91 Å². The van der Waals surface area contributed by atoms with Crippen LogP contribution in [0.25, 0.3) is 44.4 Å². The van der Waals surface area contributed by atoms with Gasteiger partial charge in [0.1, 0.15) is 30.0 Å². The number of carbonyl (C=O) groups excluding carboxylic acids is 3. The first kappa shape index (κ1) is 44.6. The quantitative estimate of drug-likeness (QED) is 0.0880. The molecule has 4 heterocycles. The number of aromatic amines is 1. The second-order valence-electron chi connectivity index (χ2n) is 19.2. The van der Waals surface area contributed by atoms with Crippen molar-refractivity contribution < 1.29 is 28.6 Å². The fourth-order valence-electron chi connectivity index (χ4n) is 8.40. The number of methoxy groups -OCH3 is 1. The molecule has 2 N–H and O–H groups in total. The van der Waals surface area contributed by atoms with Crippen molar-refractivity contribution in [3.05, 3.63) is 84.7 Å². The van der Waals surface area contributed by atoms with Crippen molar-refractivity contribution in [1.82, 2.24) is 34.6 Å². The first-order valence-electron chi connectivity index (χ1n) is 22.0. The molecular formula is C48H63N7O6Si. The summed E-state index contributed by atoms with van der Waals surface area (Å²) >= 11 is 0. The number of nitrogens with one attached hydrogen (secondary N) is 2. The van der Waals surface area contributed by atoms with E-state index >= 15 is 0 Å². The lowest BCUT2D eigenvalue weighted by molar-refractivity contribution is -0.135. The van der Waals surface area contributed by atoms with Crippen LogP contribution in [0.2, 0.25) is 25.7 Å². The van der Waals surface area contributed by atoms with Gasteiger partial charge in [-0.25, -0.2) is 19.6 Å². The lowest BCUT2D eigenvalue weighted by Crippen LogP contribution is -2.51. The van der Waals surface area contributed by atoms with Gasteiger partial charge >= 0.3 is 12.2 Å². The Labute approximate surface area is 366 Å². The molecule has 0 bridgehead atoms. The van der Waals surface area contributed by atoms with Crippen molar-refractivity contribution in [2.24, 2.45) is 5.92 Å². The molecule has 13 nitrogen and oxygen atoms in total. The number of aromatic nitrogens is 4. The summed E-state index contributed by atoms with van der Waals surface area (Å²) < 4.78 is 19.1. The van der Waals surface area contributed by atoms with Crippen molar-refractivity contribution in [3.8, 4) is 33.6 Å². The predicted molar refractivity (Wildman–Crippen MR) is 245 cm³/mol. The maximum Gasteiger partial charge on any atom is 0.410 e. The summed E-state index contributed by atoms with van der Waals surface area (Å²) in [7, 11) is 0.00952. The molecule has 2 aliphatic heterocycles. The lowest BCUT2D eigenvalue weighted by Gasteiger charge is -2.30. The van der Waals surface area contributed by atoms with Crippen LogP contribution in [-0.4, -0.2) is 93.9 Å². The van der Waals surface area contributed by atoms with E-state index < -0.39 is 25.8 Å². The molecule has 7 rings (SSSR count). The molecule has 2 saturated heterocycles. The Morgan fingerprint density at radius 2 is 1.47 bits per heavy atom. The zero-order valence-electron chi connectivity index (χ0n) is 37.8. The van der Waals surface area contributed by atoms with Gasteiger partial charge < -0.3 is 34.0 Å². The summed E-state index contributed by atoms with van der Waals surface area (Å²) in [6.45, 7) is 18.8. The fraction of sp³-hybridized carbons (Fsp3) is 0.479. The van der Waals surface area contributed by atoms with E-state index in [4.69, 9.17) is 24.2 Å². The Kier molecular flexibility index (Phi) is 13.3. The van der Waals surface area contributed by atoms with E-state index in [1.165, 1.54) is 7.11 Å². The number of carbonyl (C=O) groups is 3. The van der Waals surface area contributed by atoms with Gasteiger partial charge in [-0.15, -0.1) is 0 Å². The molecule has 2 aliphatic rings. The van der Waals surface area contributed by atoms with Crippen molar-refractivity contribution in [2.45, 2.75) is 116 Å². The summed E-state index contributed by atoms with van der Waals surface area (Å²) in [5, 5.41) is 4.94. The zero-order chi connectivity index (χ0) is 44.3. The minimum absolute atomic E-state index is 0.101. The first-order valence-corrected chi connectivity index (χ1v) is 25.7. The molecule has 5 aromatic rings. The zero-order valence-corrected chi connectivity index (χ0v) is 38.8. The summed E-state index contributed by atoms with van der Waals surface area (Å²) in [5.74, 6) is 1.32. The summed E-state index contributed by atoms with van der Waals surface area (Å²) in [4.78, 5) is 55.7. The largest absolute Gasteiger partial charge is 0.453 e. The minimum Gasteiger partial charge on any atom is -0.453 e. The van der Waals surface area contributed by atoms with Gasteiger partial charge in [0.25, 0.3) is 0 Å². The average molecular weight is 862 g/mol. The third-order valence-electron chi connectivity index (χ3n) is 11.8. The summed E-state index contributed by atoms with van der Waals surface area (Å²) in [6, 6.07) is 21.4. The normalized spacial score (nSPS) is 17.5. The summed E-state index contributed by atoms with van der Waals surface area (Å²) in [6.07, 6.45) is 6.15. The van der Waals surface area contributed by atoms with Crippen LogP contribution in [0.1, 0.15) is 84.0 Å². The van der Waals surface area contributed by atoms with Crippen molar-refractivity contribution >= 4 is 36.9 Å². The van der Waals surface area contributed by atoms with Crippen LogP contribution in [0.5, 0.6) is 0 Å². The molecule has 3 aromatic carbocycles. The van der Waals surface area contributed by atoms with E-state index in [1.54, 1.807) is 0 Å². The van der Waals surface area contributed by atoms with Crippen LogP contribution in [-0.2, 0) is 25.7 Å². The number of rotatable bonds is 13. The van der Waals surface area contributed by atoms with Crippen LogP contribution in [0.3, 0.4) is 0 Å². The number of hydrogen-bond donors (Lipinski definition) is 2. The van der Waals surface area contributed by atoms with E-state index in [9.17, 15) is 14.4 Å². The molecule has 0 aliphatic carbocycles. The van der Waals surface area contributed by atoms with Crippen LogP contribution in [0, 0.1) is 5.92 Å². The third kappa shape index (κ3) is 10.2. The topological polar surface area (TPSA) is 144 Å². The number of hydrogen-bond acceptors (Lipinski definition) is 8. The van der Waals surface area contributed by atoms with Crippen molar-refractivity contribution in [2.75, 3.05) is 26.8 Å². The molecule has 0 spiro atoms. The molecular weight excluding hydrogens is 799 g/mol. The molecule has 0 radical (unpaired) electrons. The van der Waals surface area contributed by atoms with Crippen LogP contribution >= 0.6 is 0 Å². The highest BCUT2D eigenvalue weighted by Crippen LogP contribution is 2.37. The number of fused-ring (bicyclic) bond motifs is 1. The Balaban J connectivity index is 1.08. The van der Waals surface area contributed by atoms with Gasteiger partial charge in [0, 0.05) is 33.3 Å². The lowest BCUT2D eigenvalue weighted by atomic mass is 9.98. The third-order valence-corrected chi connectivity index (χ3v) is 13.5. The van der Waals surface area contributed by atoms with E-state index in [0.717, 1.165) is 87.8 Å². The molecule has 330 valence electrons. The minimum atomic E-state index is -1.29. The SMILES string of the molecule is COC(=O)NC(C(=O)N1CCCC1c1ncc(-c2ccc(-c3ccc4cc(-c5cnc(C6CCCN6C(=O)OC(C)(C)C)n5COCC[Si](C)(C)C)ccc4c3)cc2)[nH]1)C(C)C. The number of likely N-dealkylation sites (tertiary alicyclic amines) is 2. The number of imidazole rings is 2. The molecule has 14 heteroatoms. The van der Waals surface area contributed by atoms with Crippen molar-refractivity contribution in [1.29, 1.82) is 0 Å². The number of nitrogens with zero attached hydrogens (tertiary/aromatic N) is 5.